The molecule has 0 unspecified atom stereocenters. The van der Waals surface area contributed by atoms with E-state index in [0.29, 0.717) is 26.1 Å². The van der Waals surface area contributed by atoms with Crippen LogP contribution in [0.3, 0.4) is 0 Å². The molecule has 0 aromatic carbocycles. The molecule has 2 aliphatic rings. The first kappa shape index (κ1) is 12.8. The third-order valence-corrected chi connectivity index (χ3v) is 3.88. The molecule has 1 N–H and O–H groups in total. The zero-order valence-electron chi connectivity index (χ0n) is 10.3. The van der Waals surface area contributed by atoms with Gasteiger partial charge < -0.3 is 14.6 Å². The number of carboxylic acids is 1. The van der Waals surface area contributed by atoms with Gasteiger partial charge in [-0.15, -0.1) is 0 Å². The van der Waals surface area contributed by atoms with Gasteiger partial charge in [0.2, 0.25) is 0 Å². The molecule has 4 heteroatoms. The van der Waals surface area contributed by atoms with Crippen molar-refractivity contribution in [1.82, 2.24) is 0 Å². The Balaban J connectivity index is 1.98. The lowest BCUT2D eigenvalue weighted by molar-refractivity contribution is -0.190. The van der Waals surface area contributed by atoms with Crippen LogP contribution >= 0.6 is 0 Å². The van der Waals surface area contributed by atoms with Crippen molar-refractivity contribution >= 4 is 5.97 Å². The van der Waals surface area contributed by atoms with Gasteiger partial charge in [-0.25, -0.2) is 4.79 Å². The van der Waals surface area contributed by atoms with Gasteiger partial charge >= 0.3 is 5.97 Å². The van der Waals surface area contributed by atoms with E-state index in [0.717, 1.165) is 25.7 Å². The lowest BCUT2D eigenvalue weighted by atomic mass is 9.93. The van der Waals surface area contributed by atoms with Gasteiger partial charge in [0, 0.05) is 26.1 Å². The minimum absolute atomic E-state index is 0.131. The Morgan fingerprint density at radius 2 is 1.71 bits per heavy atom. The van der Waals surface area contributed by atoms with E-state index in [4.69, 9.17) is 9.47 Å². The molecule has 1 saturated carbocycles. The van der Waals surface area contributed by atoms with Crippen molar-refractivity contribution in [3.63, 3.8) is 0 Å². The molecule has 0 atom stereocenters. The maximum Gasteiger partial charge on any atom is 0.336 e. The van der Waals surface area contributed by atoms with Crippen LogP contribution in [-0.2, 0) is 14.3 Å². The Kier molecular flexibility index (Phi) is 4.40. The molecule has 0 bridgehead atoms. The molecule has 2 fully saturated rings. The van der Waals surface area contributed by atoms with Crippen molar-refractivity contribution in [3.05, 3.63) is 0 Å². The summed E-state index contributed by atoms with van der Waals surface area (Å²) in [5, 5.41) is 9.41. The topological polar surface area (TPSA) is 55.8 Å². The summed E-state index contributed by atoms with van der Waals surface area (Å²) in [6, 6.07) is 0. The van der Waals surface area contributed by atoms with Gasteiger partial charge in [-0.3, -0.25) is 0 Å². The van der Waals surface area contributed by atoms with Crippen LogP contribution in [0.15, 0.2) is 0 Å². The molecule has 2 rings (SSSR count). The van der Waals surface area contributed by atoms with Crippen LogP contribution in [0.1, 0.15) is 51.4 Å². The van der Waals surface area contributed by atoms with Crippen LogP contribution < -0.4 is 0 Å². The number of ether oxygens (including phenoxy) is 2. The summed E-state index contributed by atoms with van der Waals surface area (Å²) in [6.45, 7) is 0.998. The molecule has 17 heavy (non-hydrogen) atoms. The van der Waals surface area contributed by atoms with Crippen LogP contribution in [0.5, 0.6) is 0 Å². The molecule has 0 aromatic heterocycles. The van der Waals surface area contributed by atoms with Crippen LogP contribution in [-0.4, -0.2) is 36.0 Å². The molecule has 0 spiro atoms. The van der Waals surface area contributed by atoms with Crippen molar-refractivity contribution < 1.29 is 19.4 Å². The van der Waals surface area contributed by atoms with Gasteiger partial charge in [0.05, 0.1) is 6.10 Å². The normalized spacial score (nSPS) is 26.4. The Hall–Kier alpha value is -0.610. The highest BCUT2D eigenvalue weighted by molar-refractivity contribution is 5.77. The standard InChI is InChI=1S/C13H22O4/c14-12(15)13(7-9-16-10-8-13)17-11-5-3-1-2-4-6-11/h11H,1-10H2,(H,14,15). The molecule has 98 valence electrons. The van der Waals surface area contributed by atoms with Gasteiger partial charge in [-0.05, 0) is 12.8 Å². The predicted octanol–water partition coefficient (Wildman–Crippen LogP) is 2.36. The fourth-order valence-corrected chi connectivity index (χ4v) is 2.76. The summed E-state index contributed by atoms with van der Waals surface area (Å²) < 4.78 is 11.2. The van der Waals surface area contributed by atoms with Crippen LogP contribution in [0.2, 0.25) is 0 Å². The summed E-state index contributed by atoms with van der Waals surface area (Å²) in [7, 11) is 0. The van der Waals surface area contributed by atoms with E-state index in [1.807, 2.05) is 0 Å². The lowest BCUT2D eigenvalue weighted by Gasteiger charge is -2.36. The fraction of sp³-hybridized carbons (Fsp3) is 0.923. The highest BCUT2D eigenvalue weighted by Gasteiger charge is 2.43. The maximum atomic E-state index is 11.5. The number of aliphatic carboxylic acids is 1. The number of carbonyl (C=O) groups is 1. The molecule has 4 nitrogen and oxygen atoms in total. The molecule has 1 saturated heterocycles. The van der Waals surface area contributed by atoms with Crippen molar-refractivity contribution in [2.24, 2.45) is 0 Å². The first-order valence-electron chi connectivity index (χ1n) is 6.72. The van der Waals surface area contributed by atoms with E-state index < -0.39 is 11.6 Å². The fourth-order valence-electron chi connectivity index (χ4n) is 2.76. The second kappa shape index (κ2) is 5.83. The molecule has 1 heterocycles. The summed E-state index contributed by atoms with van der Waals surface area (Å²) in [4.78, 5) is 11.5. The average Bonchev–Trinajstić information content (AvgIpc) is 2.59. The largest absolute Gasteiger partial charge is 0.479 e. The first-order valence-corrected chi connectivity index (χ1v) is 6.72. The SMILES string of the molecule is O=C(O)C1(OC2CCCCCC2)CCOCC1. The van der Waals surface area contributed by atoms with Gasteiger partial charge in [0.15, 0.2) is 5.60 Å². The third-order valence-electron chi connectivity index (χ3n) is 3.88. The number of hydrogen-bond acceptors (Lipinski definition) is 3. The second-order valence-electron chi connectivity index (χ2n) is 5.14. The molecule has 0 amide bonds. The molecular weight excluding hydrogens is 220 g/mol. The van der Waals surface area contributed by atoms with E-state index in [1.54, 1.807) is 0 Å². The second-order valence-corrected chi connectivity index (χ2v) is 5.14. The van der Waals surface area contributed by atoms with Crippen molar-refractivity contribution in [3.8, 4) is 0 Å². The number of hydrogen-bond donors (Lipinski definition) is 1. The molecule has 1 aliphatic carbocycles. The maximum absolute atomic E-state index is 11.5. The molecule has 0 aromatic rings. The zero-order chi connectivity index (χ0) is 12.1. The van der Waals surface area contributed by atoms with Crippen molar-refractivity contribution in [2.45, 2.75) is 63.1 Å². The van der Waals surface area contributed by atoms with Gasteiger partial charge in [-0.1, -0.05) is 25.7 Å². The Morgan fingerprint density at radius 1 is 1.12 bits per heavy atom. The zero-order valence-corrected chi connectivity index (χ0v) is 10.3. The number of carboxylic acid groups (broad SMARTS) is 1. The lowest BCUT2D eigenvalue weighted by Crippen LogP contribution is -2.48. The van der Waals surface area contributed by atoms with E-state index in [9.17, 15) is 9.90 Å². The molecule has 0 radical (unpaired) electrons. The summed E-state index contributed by atoms with van der Waals surface area (Å²) in [5.74, 6) is -0.815. The minimum atomic E-state index is -0.979. The van der Waals surface area contributed by atoms with Gasteiger partial charge in [-0.2, -0.15) is 0 Å². The summed E-state index contributed by atoms with van der Waals surface area (Å²) >= 11 is 0. The Labute approximate surface area is 102 Å². The van der Waals surface area contributed by atoms with Crippen molar-refractivity contribution in [2.75, 3.05) is 13.2 Å². The summed E-state index contributed by atoms with van der Waals surface area (Å²) in [5.41, 5.74) is -0.979. The highest BCUT2D eigenvalue weighted by Crippen LogP contribution is 2.31. The Bertz CT molecular complexity index is 250. The highest BCUT2D eigenvalue weighted by atomic mass is 16.5. The quantitative estimate of drug-likeness (QED) is 0.772. The van der Waals surface area contributed by atoms with E-state index in [1.165, 1.54) is 12.8 Å². The Morgan fingerprint density at radius 3 is 2.24 bits per heavy atom. The van der Waals surface area contributed by atoms with Crippen LogP contribution in [0.4, 0.5) is 0 Å². The van der Waals surface area contributed by atoms with E-state index in [-0.39, 0.29) is 6.10 Å². The first-order chi connectivity index (χ1) is 8.23. The molecule has 1 aliphatic heterocycles. The number of rotatable bonds is 3. The minimum Gasteiger partial charge on any atom is -0.479 e. The van der Waals surface area contributed by atoms with Crippen LogP contribution in [0.25, 0.3) is 0 Å². The monoisotopic (exact) mass is 242 g/mol. The van der Waals surface area contributed by atoms with Crippen molar-refractivity contribution in [1.29, 1.82) is 0 Å². The summed E-state index contributed by atoms with van der Waals surface area (Å²) in [6.07, 6.45) is 7.95. The smallest absolute Gasteiger partial charge is 0.336 e. The van der Waals surface area contributed by atoms with Gasteiger partial charge in [0.1, 0.15) is 0 Å². The van der Waals surface area contributed by atoms with E-state index >= 15 is 0 Å². The average molecular weight is 242 g/mol. The van der Waals surface area contributed by atoms with Gasteiger partial charge in [0.25, 0.3) is 0 Å². The predicted molar refractivity (Wildman–Crippen MR) is 63.0 cm³/mol. The van der Waals surface area contributed by atoms with E-state index in [2.05, 4.69) is 0 Å². The molecular formula is C13H22O4. The van der Waals surface area contributed by atoms with Crippen LogP contribution in [0, 0.1) is 0 Å². The third kappa shape index (κ3) is 3.19.